The second-order valence-electron chi connectivity index (χ2n) is 4.35. The number of ether oxygens (including phenoxy) is 1. The largest absolute Gasteiger partial charge is 0.497 e. The van der Waals surface area contributed by atoms with Crippen molar-refractivity contribution in [1.82, 2.24) is 0 Å². The summed E-state index contributed by atoms with van der Waals surface area (Å²) in [6.07, 6.45) is 4.95. The Hall–Kier alpha value is -0.670. The molecule has 0 radical (unpaired) electrons. The molecule has 0 saturated heterocycles. The lowest BCUT2D eigenvalue weighted by atomic mass is 9.83. The third kappa shape index (κ3) is 2.71. The van der Waals surface area contributed by atoms with Gasteiger partial charge in [-0.15, -0.1) is 0 Å². The first-order valence-corrected chi connectivity index (χ1v) is 6.14. The van der Waals surface area contributed by atoms with Crippen LogP contribution in [0.3, 0.4) is 0 Å². The minimum Gasteiger partial charge on any atom is -0.497 e. The molecular weight excluding hydrogens is 220 g/mol. The van der Waals surface area contributed by atoms with Crippen LogP contribution in [0, 0.1) is 0 Å². The number of thiol groups is 1. The molecule has 1 saturated carbocycles. The molecule has 1 aromatic rings. The van der Waals surface area contributed by atoms with E-state index in [1.165, 1.54) is 18.4 Å². The molecule has 1 aromatic carbocycles. The zero-order valence-corrected chi connectivity index (χ0v) is 10.5. The van der Waals surface area contributed by atoms with Gasteiger partial charge in [0.05, 0.1) is 13.2 Å². The van der Waals surface area contributed by atoms with Gasteiger partial charge < -0.3 is 8.92 Å². The van der Waals surface area contributed by atoms with Crippen LogP contribution in [-0.2, 0) is 4.18 Å². The molecule has 88 valence electrons. The summed E-state index contributed by atoms with van der Waals surface area (Å²) in [5, 5.41) is 0. The fourth-order valence-electron chi connectivity index (χ4n) is 2.38. The van der Waals surface area contributed by atoms with E-state index in [0.717, 1.165) is 18.6 Å². The van der Waals surface area contributed by atoms with Crippen LogP contribution < -0.4 is 4.74 Å². The number of hydrogen-bond donors (Lipinski definition) is 1. The normalized spacial score (nSPS) is 25.4. The van der Waals surface area contributed by atoms with Crippen molar-refractivity contribution in [2.45, 2.75) is 37.7 Å². The van der Waals surface area contributed by atoms with Crippen LogP contribution in [0.25, 0.3) is 0 Å². The topological polar surface area (TPSA) is 18.5 Å². The van der Waals surface area contributed by atoms with E-state index in [0.29, 0.717) is 12.0 Å². The molecule has 0 spiro atoms. The van der Waals surface area contributed by atoms with Gasteiger partial charge in [-0.2, -0.15) is 0 Å². The SMILES string of the molecule is COc1ccc(C2CCC(OS)CC2)cc1. The summed E-state index contributed by atoms with van der Waals surface area (Å²) in [5.41, 5.74) is 1.42. The van der Waals surface area contributed by atoms with Crippen molar-refractivity contribution in [3.05, 3.63) is 29.8 Å². The summed E-state index contributed by atoms with van der Waals surface area (Å²) in [5.74, 6) is 1.60. The van der Waals surface area contributed by atoms with E-state index < -0.39 is 0 Å². The van der Waals surface area contributed by atoms with Crippen molar-refractivity contribution in [2.24, 2.45) is 0 Å². The monoisotopic (exact) mass is 238 g/mol. The molecule has 3 heteroatoms. The molecule has 0 N–H and O–H groups in total. The number of methoxy groups -OCH3 is 1. The predicted octanol–water partition coefficient (Wildman–Crippen LogP) is 3.58. The van der Waals surface area contributed by atoms with Crippen LogP contribution in [0.4, 0.5) is 0 Å². The third-order valence-electron chi connectivity index (χ3n) is 3.41. The van der Waals surface area contributed by atoms with Crippen LogP contribution in [0.5, 0.6) is 5.75 Å². The van der Waals surface area contributed by atoms with Gasteiger partial charge in [-0.25, -0.2) is 0 Å². The van der Waals surface area contributed by atoms with Crippen LogP contribution in [0.1, 0.15) is 37.2 Å². The Labute approximate surface area is 103 Å². The second kappa shape index (κ2) is 5.60. The molecule has 0 bridgehead atoms. The van der Waals surface area contributed by atoms with Crippen LogP contribution in [0.15, 0.2) is 24.3 Å². The lowest BCUT2D eigenvalue weighted by Gasteiger charge is -2.27. The van der Waals surface area contributed by atoms with Gasteiger partial charge in [0.2, 0.25) is 0 Å². The van der Waals surface area contributed by atoms with Crippen molar-refractivity contribution < 1.29 is 8.92 Å². The zero-order chi connectivity index (χ0) is 11.4. The van der Waals surface area contributed by atoms with Gasteiger partial charge in [0.1, 0.15) is 5.75 Å². The average molecular weight is 238 g/mol. The highest BCUT2D eigenvalue weighted by Crippen LogP contribution is 2.34. The fraction of sp³-hybridized carbons (Fsp3) is 0.538. The molecular formula is C13H18O2S. The standard InChI is InChI=1S/C13H18O2S/c1-14-12-6-2-10(3-7-12)11-4-8-13(15-16)9-5-11/h2-3,6-7,11,13,16H,4-5,8-9H2,1H3. The molecule has 0 aliphatic heterocycles. The summed E-state index contributed by atoms with van der Waals surface area (Å²) in [7, 11) is 1.70. The molecule has 0 unspecified atom stereocenters. The predicted molar refractivity (Wildman–Crippen MR) is 68.1 cm³/mol. The maximum absolute atomic E-state index is 5.16. The Kier molecular flexibility index (Phi) is 4.13. The number of rotatable bonds is 3. The van der Waals surface area contributed by atoms with Gasteiger partial charge in [-0.1, -0.05) is 12.1 Å². The summed E-state index contributed by atoms with van der Waals surface area (Å²) in [6, 6.07) is 8.42. The Morgan fingerprint density at radius 3 is 2.19 bits per heavy atom. The lowest BCUT2D eigenvalue weighted by molar-refractivity contribution is 0.178. The van der Waals surface area contributed by atoms with Crippen molar-refractivity contribution >= 4 is 12.9 Å². The first-order chi connectivity index (χ1) is 7.83. The van der Waals surface area contributed by atoms with E-state index in [1.807, 2.05) is 12.1 Å². The van der Waals surface area contributed by atoms with Gasteiger partial charge in [-0.3, -0.25) is 0 Å². The van der Waals surface area contributed by atoms with Crippen molar-refractivity contribution in [2.75, 3.05) is 7.11 Å². The second-order valence-corrected chi connectivity index (χ2v) is 4.56. The molecule has 0 atom stereocenters. The summed E-state index contributed by atoms with van der Waals surface area (Å²) in [4.78, 5) is 0. The highest BCUT2D eigenvalue weighted by Gasteiger charge is 2.22. The fourth-order valence-corrected chi connectivity index (χ4v) is 2.59. The quantitative estimate of drug-likeness (QED) is 0.641. The van der Waals surface area contributed by atoms with E-state index in [-0.39, 0.29) is 0 Å². The van der Waals surface area contributed by atoms with E-state index in [9.17, 15) is 0 Å². The maximum Gasteiger partial charge on any atom is 0.118 e. The number of benzene rings is 1. The molecule has 0 amide bonds. The molecule has 16 heavy (non-hydrogen) atoms. The number of hydrogen-bond acceptors (Lipinski definition) is 3. The first-order valence-electron chi connectivity index (χ1n) is 5.77. The lowest BCUT2D eigenvalue weighted by Crippen LogP contribution is -2.17. The van der Waals surface area contributed by atoms with Crippen molar-refractivity contribution in [3.8, 4) is 5.75 Å². The molecule has 0 heterocycles. The van der Waals surface area contributed by atoms with Gasteiger partial charge in [0, 0.05) is 0 Å². The van der Waals surface area contributed by atoms with E-state index in [4.69, 9.17) is 8.92 Å². The van der Waals surface area contributed by atoms with E-state index >= 15 is 0 Å². The highest BCUT2D eigenvalue weighted by atomic mass is 32.1. The zero-order valence-electron chi connectivity index (χ0n) is 9.56. The summed E-state index contributed by atoms with van der Waals surface area (Å²) < 4.78 is 10.2. The molecule has 1 fully saturated rings. The van der Waals surface area contributed by atoms with Gasteiger partial charge >= 0.3 is 0 Å². The smallest absolute Gasteiger partial charge is 0.118 e. The first kappa shape index (κ1) is 11.8. The molecule has 0 aromatic heterocycles. The third-order valence-corrected chi connectivity index (χ3v) is 3.71. The van der Waals surface area contributed by atoms with Gasteiger partial charge in [0.25, 0.3) is 0 Å². The average Bonchev–Trinajstić information content (AvgIpc) is 2.39. The van der Waals surface area contributed by atoms with Gasteiger partial charge in [-0.05, 0) is 62.2 Å². The minimum atomic E-state index is 0.345. The van der Waals surface area contributed by atoms with Crippen molar-refractivity contribution in [1.29, 1.82) is 0 Å². The Morgan fingerprint density at radius 1 is 1.06 bits per heavy atom. The van der Waals surface area contributed by atoms with Crippen LogP contribution in [0.2, 0.25) is 0 Å². The van der Waals surface area contributed by atoms with Gasteiger partial charge in [0.15, 0.2) is 0 Å². The van der Waals surface area contributed by atoms with Crippen LogP contribution >= 0.6 is 12.9 Å². The highest BCUT2D eigenvalue weighted by molar-refractivity contribution is 7.75. The Bertz CT molecular complexity index is 315. The molecule has 2 rings (SSSR count). The summed E-state index contributed by atoms with van der Waals surface area (Å²) >= 11 is 3.89. The molecule has 1 aliphatic carbocycles. The Balaban J connectivity index is 1.97. The Morgan fingerprint density at radius 2 is 1.69 bits per heavy atom. The van der Waals surface area contributed by atoms with E-state index in [2.05, 4.69) is 25.0 Å². The minimum absolute atomic E-state index is 0.345. The summed E-state index contributed by atoms with van der Waals surface area (Å²) in [6.45, 7) is 0. The van der Waals surface area contributed by atoms with Crippen LogP contribution in [-0.4, -0.2) is 13.2 Å². The van der Waals surface area contributed by atoms with E-state index in [1.54, 1.807) is 7.11 Å². The molecule has 2 nitrogen and oxygen atoms in total. The van der Waals surface area contributed by atoms with Crippen molar-refractivity contribution in [3.63, 3.8) is 0 Å². The molecule has 1 aliphatic rings. The maximum atomic E-state index is 5.16.